The van der Waals surface area contributed by atoms with Crippen LogP contribution in [-0.4, -0.2) is 46.1 Å². The Balaban J connectivity index is 1.81. The molecule has 8 heteroatoms. The van der Waals surface area contributed by atoms with Gasteiger partial charge in [0, 0.05) is 57.6 Å². The number of aromatic amines is 2. The van der Waals surface area contributed by atoms with Crippen molar-refractivity contribution < 1.29 is 19.1 Å². The number of rotatable bonds is 6. The molecular formula is C33H38N4O4. The Bertz CT molecular complexity index is 1720. The van der Waals surface area contributed by atoms with E-state index in [1.54, 1.807) is 0 Å². The van der Waals surface area contributed by atoms with E-state index in [9.17, 15) is 9.59 Å². The summed E-state index contributed by atoms with van der Waals surface area (Å²) in [5, 5.41) is 0. The maximum Gasteiger partial charge on any atom is 0.305 e. The Morgan fingerprint density at radius 3 is 2.07 bits per heavy atom. The Morgan fingerprint density at radius 1 is 0.805 bits per heavy atom. The van der Waals surface area contributed by atoms with Crippen molar-refractivity contribution in [3.05, 3.63) is 70.3 Å². The molecule has 1 unspecified atom stereocenters. The Kier molecular flexibility index (Phi) is 7.60. The molecule has 0 aliphatic carbocycles. The van der Waals surface area contributed by atoms with Crippen LogP contribution < -0.4 is 0 Å². The number of allylic oxidation sites excluding steroid dienone is 2. The Hall–Kier alpha value is -4.20. The van der Waals surface area contributed by atoms with Gasteiger partial charge in [-0.15, -0.1) is 0 Å². The molecule has 2 N–H and O–H groups in total. The normalized spacial score (nSPS) is 16.1. The lowest BCUT2D eigenvalue weighted by molar-refractivity contribution is -0.141. The van der Waals surface area contributed by atoms with Gasteiger partial charge in [0.2, 0.25) is 0 Å². The van der Waals surface area contributed by atoms with E-state index in [1.165, 1.54) is 14.2 Å². The van der Waals surface area contributed by atoms with Crippen molar-refractivity contribution >= 4 is 45.2 Å². The first-order chi connectivity index (χ1) is 19.5. The highest BCUT2D eigenvalue weighted by Gasteiger charge is 2.39. The van der Waals surface area contributed by atoms with Gasteiger partial charge in [-0.1, -0.05) is 13.8 Å². The minimum atomic E-state index is -0.345. The number of aromatic nitrogens is 4. The molecule has 0 saturated heterocycles. The number of hydrogen-bond donors (Lipinski definition) is 2. The zero-order valence-electron chi connectivity index (χ0n) is 24.9. The van der Waals surface area contributed by atoms with Gasteiger partial charge in [-0.3, -0.25) is 14.6 Å². The average Bonchev–Trinajstić information content (AvgIpc) is 3.60. The first kappa shape index (κ1) is 28.3. The van der Waals surface area contributed by atoms with Crippen molar-refractivity contribution in [2.75, 3.05) is 14.2 Å². The number of carbonyl (C=O) groups is 2. The molecule has 3 aromatic heterocycles. The van der Waals surface area contributed by atoms with Crippen LogP contribution in [0.15, 0.2) is 36.4 Å². The zero-order chi connectivity index (χ0) is 29.5. The van der Waals surface area contributed by atoms with Crippen molar-refractivity contribution in [3.8, 4) is 0 Å². The summed E-state index contributed by atoms with van der Waals surface area (Å²) in [6.45, 7) is 10.6. The quantitative estimate of drug-likeness (QED) is 0.323. The first-order valence-corrected chi connectivity index (χ1v) is 14.0. The van der Waals surface area contributed by atoms with E-state index in [4.69, 9.17) is 19.4 Å². The second-order valence-corrected chi connectivity index (χ2v) is 11.6. The van der Waals surface area contributed by atoms with Crippen LogP contribution in [-0.2, 0) is 24.5 Å². The molecular weight excluding hydrogens is 516 g/mol. The molecule has 2 aliphatic rings. The van der Waals surface area contributed by atoms with E-state index in [1.807, 2.05) is 13.0 Å². The van der Waals surface area contributed by atoms with Crippen LogP contribution in [0.5, 0.6) is 0 Å². The second kappa shape index (κ2) is 11.0. The lowest BCUT2D eigenvalue weighted by Gasteiger charge is -2.27. The highest BCUT2D eigenvalue weighted by atomic mass is 16.5. The molecule has 0 fully saturated rings. The van der Waals surface area contributed by atoms with Crippen LogP contribution in [0.2, 0.25) is 0 Å². The molecule has 41 heavy (non-hydrogen) atoms. The van der Waals surface area contributed by atoms with Crippen LogP contribution in [0, 0.1) is 13.8 Å². The van der Waals surface area contributed by atoms with Crippen LogP contribution in [0.1, 0.15) is 86.3 Å². The molecule has 214 valence electrons. The van der Waals surface area contributed by atoms with Crippen LogP contribution >= 0.6 is 0 Å². The molecule has 1 atom stereocenters. The molecule has 2 aliphatic heterocycles. The van der Waals surface area contributed by atoms with E-state index < -0.39 is 0 Å². The third-order valence-electron chi connectivity index (χ3n) is 8.51. The molecule has 0 radical (unpaired) electrons. The molecule has 8 nitrogen and oxygen atoms in total. The second-order valence-electron chi connectivity index (χ2n) is 11.6. The number of ether oxygens (including phenoxy) is 2. The molecule has 0 aromatic carbocycles. The number of aryl methyl sites for hydroxylation is 2. The van der Waals surface area contributed by atoms with E-state index in [0.717, 1.165) is 67.1 Å². The molecule has 8 bridgehead atoms. The number of H-pyrrole nitrogens is 2. The minimum Gasteiger partial charge on any atom is -0.469 e. The van der Waals surface area contributed by atoms with Gasteiger partial charge >= 0.3 is 11.9 Å². The van der Waals surface area contributed by atoms with Gasteiger partial charge in [0.25, 0.3) is 0 Å². The standard InChI is InChI=1S/C33H38N4O4/c1-18-12-22-15-27-20(3)23(8-10-31(38)40-6)28(36-27)16-29-24(9-11-32(39)41-7)33(4,5)30(37-29)17-26-19(2)13-21(35-26)14-25(18)34-22/h12-17,24,34-35H,8-11H2,1-7H3. The number of esters is 2. The number of hydrogen-bond acceptors (Lipinski definition) is 6. The van der Waals surface area contributed by atoms with E-state index in [0.29, 0.717) is 19.3 Å². The maximum atomic E-state index is 12.2. The number of fused-ring (bicyclic) bond motifs is 8. The van der Waals surface area contributed by atoms with Crippen molar-refractivity contribution in [2.45, 2.75) is 71.6 Å². The smallest absolute Gasteiger partial charge is 0.305 e. The minimum absolute atomic E-state index is 0.0316. The Labute approximate surface area is 240 Å². The fourth-order valence-corrected chi connectivity index (χ4v) is 5.90. The Morgan fingerprint density at radius 2 is 1.41 bits per heavy atom. The van der Waals surface area contributed by atoms with Gasteiger partial charge < -0.3 is 19.4 Å². The highest BCUT2D eigenvalue weighted by molar-refractivity contribution is 5.93. The first-order valence-electron chi connectivity index (χ1n) is 14.0. The third kappa shape index (κ3) is 5.56. The highest BCUT2D eigenvalue weighted by Crippen LogP contribution is 2.45. The monoisotopic (exact) mass is 554 g/mol. The van der Waals surface area contributed by atoms with Crippen molar-refractivity contribution in [3.63, 3.8) is 0 Å². The molecule has 3 aromatic rings. The number of nitrogens with one attached hydrogen (secondary N) is 2. The topological polar surface area (TPSA) is 110 Å². The zero-order valence-corrected chi connectivity index (χ0v) is 24.9. The van der Waals surface area contributed by atoms with Crippen LogP contribution in [0.3, 0.4) is 0 Å². The number of methoxy groups -OCH3 is 2. The summed E-state index contributed by atoms with van der Waals surface area (Å²) in [5.74, 6) is -0.535. The van der Waals surface area contributed by atoms with Gasteiger partial charge in [0.1, 0.15) is 0 Å². The summed E-state index contributed by atoms with van der Waals surface area (Å²) in [4.78, 5) is 41.6. The fourth-order valence-electron chi connectivity index (χ4n) is 5.90. The molecule has 5 heterocycles. The predicted molar refractivity (Wildman–Crippen MR) is 161 cm³/mol. The third-order valence-corrected chi connectivity index (χ3v) is 8.51. The lowest BCUT2D eigenvalue weighted by Crippen LogP contribution is -2.23. The summed E-state index contributed by atoms with van der Waals surface area (Å²) in [6, 6.07) is 12.6. The molecule has 5 rings (SSSR count). The van der Waals surface area contributed by atoms with Crippen molar-refractivity contribution in [1.82, 2.24) is 19.9 Å². The van der Waals surface area contributed by atoms with E-state index in [2.05, 4.69) is 68.0 Å². The molecule has 0 spiro atoms. The average molecular weight is 555 g/mol. The van der Waals surface area contributed by atoms with Gasteiger partial charge in [-0.05, 0) is 92.3 Å². The van der Waals surface area contributed by atoms with Crippen molar-refractivity contribution in [2.24, 2.45) is 0 Å². The molecule has 0 saturated carbocycles. The lowest BCUT2D eigenvalue weighted by atomic mass is 9.74. The number of nitrogens with zero attached hydrogens (tertiary/aromatic N) is 2. The fraction of sp³-hybridized carbons (Fsp3) is 0.394. The molecule has 0 amide bonds. The summed E-state index contributed by atoms with van der Waals surface area (Å²) in [7, 11) is 2.82. The van der Waals surface area contributed by atoms with Gasteiger partial charge in [-0.2, -0.15) is 0 Å². The summed E-state index contributed by atoms with van der Waals surface area (Å²) >= 11 is 0. The summed E-state index contributed by atoms with van der Waals surface area (Å²) in [6.07, 6.45) is 1.65. The van der Waals surface area contributed by atoms with E-state index in [-0.39, 0.29) is 29.7 Å². The SMILES string of the molecule is COC(=O)CCC1=C(C)c2cc3cc(C)c(cc4cc(C)c(cc5nc(cc1n2)C(CCC(=O)OC)C5(C)C)[nH]4)[nH]3. The van der Waals surface area contributed by atoms with Gasteiger partial charge in [0.05, 0.1) is 25.6 Å². The van der Waals surface area contributed by atoms with Gasteiger partial charge in [-0.25, -0.2) is 4.98 Å². The van der Waals surface area contributed by atoms with Crippen LogP contribution in [0.4, 0.5) is 0 Å². The van der Waals surface area contributed by atoms with Crippen molar-refractivity contribution in [1.29, 1.82) is 0 Å². The van der Waals surface area contributed by atoms with E-state index >= 15 is 0 Å². The summed E-state index contributed by atoms with van der Waals surface area (Å²) < 4.78 is 9.89. The number of carbonyl (C=O) groups excluding carboxylic acids is 2. The summed E-state index contributed by atoms with van der Waals surface area (Å²) in [5.41, 5.74) is 11.3. The largest absolute Gasteiger partial charge is 0.469 e. The van der Waals surface area contributed by atoms with Crippen LogP contribution in [0.25, 0.3) is 33.2 Å². The maximum absolute atomic E-state index is 12.2. The van der Waals surface area contributed by atoms with Gasteiger partial charge in [0.15, 0.2) is 0 Å². The predicted octanol–water partition coefficient (Wildman–Crippen LogP) is 6.83.